The molecule has 2 atom stereocenters. The van der Waals surface area contributed by atoms with Gasteiger partial charge in [0.1, 0.15) is 11.4 Å². The Morgan fingerprint density at radius 3 is 2.76 bits per heavy atom. The van der Waals surface area contributed by atoms with E-state index in [-0.39, 0.29) is 6.04 Å². The first-order valence-electron chi connectivity index (χ1n) is 7.31. The number of fused-ring (bicyclic) bond motifs is 1. The van der Waals surface area contributed by atoms with E-state index >= 15 is 0 Å². The summed E-state index contributed by atoms with van der Waals surface area (Å²) in [7, 11) is 0. The third kappa shape index (κ3) is 2.93. The summed E-state index contributed by atoms with van der Waals surface area (Å²) >= 11 is 0. The van der Waals surface area contributed by atoms with Gasteiger partial charge >= 0.3 is 5.97 Å². The maximum absolute atomic E-state index is 11.6. The van der Waals surface area contributed by atoms with Crippen LogP contribution in [0.25, 0.3) is 11.0 Å². The molecular weight excluding hydrogens is 266 g/mol. The summed E-state index contributed by atoms with van der Waals surface area (Å²) in [5.41, 5.74) is 1.06. The molecule has 0 spiro atoms. The zero-order valence-corrected chi connectivity index (χ0v) is 13.1. The molecule has 114 valence electrons. The van der Waals surface area contributed by atoms with Gasteiger partial charge < -0.3 is 15.0 Å². The highest BCUT2D eigenvalue weighted by Gasteiger charge is 2.34. The Bertz CT molecular complexity index is 650. The van der Waals surface area contributed by atoms with Gasteiger partial charge in [0.25, 0.3) is 0 Å². The van der Waals surface area contributed by atoms with Gasteiger partial charge in [-0.15, -0.1) is 0 Å². The lowest BCUT2D eigenvalue weighted by Crippen LogP contribution is -2.50. The predicted molar refractivity (Wildman–Crippen MR) is 83.5 cm³/mol. The molecule has 2 rings (SSSR count). The SMILES string of the molecule is CCNC(C)(CC(C)n1c(C)nc2ccccc21)C(=O)O. The number of carboxylic acid groups (broad SMARTS) is 1. The van der Waals surface area contributed by atoms with Crippen LogP contribution in [0, 0.1) is 6.92 Å². The number of carboxylic acids is 1. The van der Waals surface area contributed by atoms with Crippen molar-refractivity contribution < 1.29 is 9.90 Å². The number of aliphatic carboxylic acids is 1. The molecule has 2 N–H and O–H groups in total. The molecule has 5 nitrogen and oxygen atoms in total. The van der Waals surface area contributed by atoms with E-state index in [4.69, 9.17) is 0 Å². The second kappa shape index (κ2) is 5.85. The van der Waals surface area contributed by atoms with Crippen LogP contribution in [0.2, 0.25) is 0 Å². The topological polar surface area (TPSA) is 67.2 Å². The molecule has 2 unspecified atom stereocenters. The predicted octanol–water partition coefficient (Wildman–Crippen LogP) is 2.75. The quantitative estimate of drug-likeness (QED) is 0.858. The van der Waals surface area contributed by atoms with Gasteiger partial charge in [-0.1, -0.05) is 19.1 Å². The number of nitrogens with one attached hydrogen (secondary N) is 1. The number of benzene rings is 1. The van der Waals surface area contributed by atoms with Crippen LogP contribution in [0.15, 0.2) is 24.3 Å². The van der Waals surface area contributed by atoms with Crippen molar-refractivity contribution in [3.63, 3.8) is 0 Å². The molecule has 0 amide bonds. The van der Waals surface area contributed by atoms with Crippen molar-refractivity contribution in [2.24, 2.45) is 0 Å². The summed E-state index contributed by atoms with van der Waals surface area (Å²) in [6.45, 7) is 8.29. The Kier molecular flexibility index (Phi) is 4.32. The van der Waals surface area contributed by atoms with Crippen molar-refractivity contribution in [1.82, 2.24) is 14.9 Å². The van der Waals surface area contributed by atoms with E-state index < -0.39 is 11.5 Å². The minimum atomic E-state index is -0.939. The largest absolute Gasteiger partial charge is 0.480 e. The van der Waals surface area contributed by atoms with E-state index in [0.29, 0.717) is 13.0 Å². The van der Waals surface area contributed by atoms with E-state index in [1.165, 1.54) is 0 Å². The average molecular weight is 289 g/mol. The number of aromatic nitrogens is 2. The molecule has 21 heavy (non-hydrogen) atoms. The second-order valence-corrected chi connectivity index (χ2v) is 5.74. The van der Waals surface area contributed by atoms with Gasteiger partial charge in [0, 0.05) is 6.04 Å². The van der Waals surface area contributed by atoms with Crippen molar-refractivity contribution in [3.05, 3.63) is 30.1 Å². The Morgan fingerprint density at radius 1 is 1.48 bits per heavy atom. The first-order chi connectivity index (χ1) is 9.89. The van der Waals surface area contributed by atoms with E-state index in [1.54, 1.807) is 6.92 Å². The fraction of sp³-hybridized carbons (Fsp3) is 0.500. The number of aryl methyl sites for hydroxylation is 1. The second-order valence-electron chi connectivity index (χ2n) is 5.74. The summed E-state index contributed by atoms with van der Waals surface area (Å²) in [4.78, 5) is 16.1. The van der Waals surface area contributed by atoms with Gasteiger partial charge in [-0.2, -0.15) is 0 Å². The highest BCUT2D eigenvalue weighted by Crippen LogP contribution is 2.27. The molecule has 2 aromatic rings. The van der Waals surface area contributed by atoms with E-state index in [9.17, 15) is 9.90 Å². The normalized spacial score (nSPS) is 15.8. The van der Waals surface area contributed by atoms with Crippen LogP contribution in [-0.2, 0) is 4.79 Å². The number of para-hydroxylation sites is 2. The molecule has 5 heteroatoms. The average Bonchev–Trinajstić information content (AvgIpc) is 2.74. The summed E-state index contributed by atoms with van der Waals surface area (Å²) in [5, 5.41) is 12.6. The standard InChI is InChI=1S/C16H23N3O2/c1-5-17-16(4,15(20)21)10-11(2)19-12(3)18-13-8-6-7-9-14(13)19/h6-9,11,17H,5,10H2,1-4H3,(H,20,21). The molecule has 0 radical (unpaired) electrons. The molecule has 0 aliphatic carbocycles. The van der Waals surface area contributed by atoms with Gasteiger partial charge in [-0.3, -0.25) is 4.79 Å². The molecule has 0 saturated heterocycles. The first-order valence-corrected chi connectivity index (χ1v) is 7.31. The van der Waals surface area contributed by atoms with E-state index in [1.807, 2.05) is 45.0 Å². The van der Waals surface area contributed by atoms with Crippen LogP contribution >= 0.6 is 0 Å². The monoisotopic (exact) mass is 289 g/mol. The van der Waals surface area contributed by atoms with Gasteiger partial charge in [0.15, 0.2) is 0 Å². The van der Waals surface area contributed by atoms with Crippen molar-refractivity contribution >= 4 is 17.0 Å². The van der Waals surface area contributed by atoms with E-state index in [0.717, 1.165) is 16.9 Å². The van der Waals surface area contributed by atoms with E-state index in [2.05, 4.69) is 14.9 Å². The lowest BCUT2D eigenvalue weighted by atomic mass is 9.93. The number of hydrogen-bond acceptors (Lipinski definition) is 3. The van der Waals surface area contributed by atoms with Crippen LogP contribution in [-0.4, -0.2) is 32.7 Å². The fourth-order valence-corrected chi connectivity index (χ4v) is 3.03. The van der Waals surface area contributed by atoms with Crippen molar-refractivity contribution in [3.8, 4) is 0 Å². The Morgan fingerprint density at radius 2 is 2.14 bits per heavy atom. The molecule has 0 fully saturated rings. The third-order valence-corrected chi connectivity index (χ3v) is 3.96. The lowest BCUT2D eigenvalue weighted by Gasteiger charge is -2.30. The van der Waals surface area contributed by atoms with Crippen molar-refractivity contribution in [1.29, 1.82) is 0 Å². The zero-order chi connectivity index (χ0) is 15.6. The number of nitrogens with zero attached hydrogens (tertiary/aromatic N) is 2. The summed E-state index contributed by atoms with van der Waals surface area (Å²) in [6, 6.07) is 7.98. The van der Waals surface area contributed by atoms with Crippen molar-refractivity contribution in [2.45, 2.75) is 45.7 Å². The zero-order valence-electron chi connectivity index (χ0n) is 13.1. The third-order valence-electron chi connectivity index (χ3n) is 3.96. The molecule has 0 bridgehead atoms. The Balaban J connectivity index is 2.36. The minimum absolute atomic E-state index is 0.0394. The number of likely N-dealkylation sites (N-methyl/N-ethyl adjacent to an activating group) is 1. The maximum atomic E-state index is 11.6. The molecular formula is C16H23N3O2. The molecule has 0 aliphatic heterocycles. The number of imidazole rings is 1. The Hall–Kier alpha value is -1.88. The summed E-state index contributed by atoms with van der Waals surface area (Å²) in [6.07, 6.45) is 0.497. The van der Waals surface area contributed by atoms with Crippen molar-refractivity contribution in [2.75, 3.05) is 6.54 Å². The molecule has 1 aromatic heterocycles. The van der Waals surface area contributed by atoms with Gasteiger partial charge in [-0.05, 0) is 45.9 Å². The summed E-state index contributed by atoms with van der Waals surface area (Å²) < 4.78 is 2.12. The maximum Gasteiger partial charge on any atom is 0.323 e. The molecule has 1 heterocycles. The van der Waals surface area contributed by atoms with Gasteiger partial charge in [-0.25, -0.2) is 4.98 Å². The first kappa shape index (κ1) is 15.5. The number of carbonyl (C=O) groups is 1. The Labute approximate surface area is 125 Å². The van der Waals surface area contributed by atoms with Crippen LogP contribution in [0.3, 0.4) is 0 Å². The number of rotatable bonds is 6. The molecule has 1 aromatic carbocycles. The van der Waals surface area contributed by atoms with Crippen LogP contribution < -0.4 is 5.32 Å². The highest BCUT2D eigenvalue weighted by atomic mass is 16.4. The fourth-order valence-electron chi connectivity index (χ4n) is 3.03. The van der Waals surface area contributed by atoms with Crippen LogP contribution in [0.5, 0.6) is 0 Å². The highest BCUT2D eigenvalue weighted by molar-refractivity contribution is 5.78. The number of hydrogen-bond donors (Lipinski definition) is 2. The smallest absolute Gasteiger partial charge is 0.323 e. The molecule has 0 saturated carbocycles. The minimum Gasteiger partial charge on any atom is -0.480 e. The van der Waals surface area contributed by atoms with Gasteiger partial charge in [0.2, 0.25) is 0 Å². The van der Waals surface area contributed by atoms with Crippen LogP contribution in [0.1, 0.15) is 39.1 Å². The van der Waals surface area contributed by atoms with Crippen LogP contribution in [0.4, 0.5) is 0 Å². The lowest BCUT2D eigenvalue weighted by molar-refractivity contribution is -0.144. The summed E-state index contributed by atoms with van der Waals surface area (Å²) in [5.74, 6) is 0.0891. The molecule has 0 aliphatic rings. The van der Waals surface area contributed by atoms with Gasteiger partial charge in [0.05, 0.1) is 11.0 Å².